The zero-order valence-electron chi connectivity index (χ0n) is 16.6. The van der Waals surface area contributed by atoms with Gasteiger partial charge in [-0.2, -0.15) is 0 Å². The molecule has 1 aliphatic rings. The molecule has 1 saturated carbocycles. The Hall–Kier alpha value is -2.81. The number of sulfone groups is 1. The molecule has 0 amide bonds. The third-order valence-corrected chi connectivity index (χ3v) is 7.22. The molecule has 3 aromatic rings. The molecule has 6 nitrogen and oxygen atoms in total. The van der Waals surface area contributed by atoms with Crippen LogP contribution >= 0.6 is 0 Å². The number of rotatable bonds is 8. The fourth-order valence-electron chi connectivity index (χ4n) is 3.21. The van der Waals surface area contributed by atoms with Crippen molar-refractivity contribution in [1.82, 2.24) is 4.98 Å². The lowest BCUT2D eigenvalue weighted by molar-refractivity contribution is 0.0955. The Labute approximate surface area is 179 Å². The number of hydrogen-bond acceptors (Lipinski definition) is 6. The number of benzene rings is 2. The van der Waals surface area contributed by atoms with Crippen molar-refractivity contribution in [2.45, 2.75) is 29.9 Å². The lowest BCUT2D eigenvalue weighted by Crippen LogP contribution is -2.12. The summed E-state index contributed by atoms with van der Waals surface area (Å²) in [4.78, 5) is 4.48. The van der Waals surface area contributed by atoms with Gasteiger partial charge in [0.2, 0.25) is 0 Å². The lowest BCUT2D eigenvalue weighted by atomic mass is 10.0. The summed E-state index contributed by atoms with van der Waals surface area (Å²) in [6.07, 6.45) is 0.207. The molecular formula is C23H22FNO5S. The van der Waals surface area contributed by atoms with Gasteiger partial charge in [0.1, 0.15) is 23.4 Å². The van der Waals surface area contributed by atoms with Crippen LogP contribution in [0.25, 0.3) is 11.3 Å². The molecule has 2 N–H and O–H groups in total. The highest BCUT2D eigenvalue weighted by Gasteiger charge is 2.36. The minimum atomic E-state index is -3.29. The first kappa shape index (κ1) is 21.4. The summed E-state index contributed by atoms with van der Waals surface area (Å²) in [7, 11) is -3.29. The van der Waals surface area contributed by atoms with Crippen LogP contribution in [0.4, 0.5) is 4.39 Å². The van der Waals surface area contributed by atoms with Gasteiger partial charge >= 0.3 is 0 Å². The Bertz CT molecular complexity index is 1160. The van der Waals surface area contributed by atoms with Crippen molar-refractivity contribution in [2.75, 3.05) is 6.61 Å². The molecule has 0 unspecified atom stereocenters. The van der Waals surface area contributed by atoms with E-state index in [0.717, 1.165) is 0 Å². The summed E-state index contributed by atoms with van der Waals surface area (Å²) >= 11 is 0. The number of aromatic nitrogens is 1. The fourth-order valence-corrected chi connectivity index (χ4v) is 4.86. The van der Waals surface area contributed by atoms with Crippen molar-refractivity contribution in [3.05, 3.63) is 77.7 Å². The predicted octanol–water partition coefficient (Wildman–Crippen LogP) is 3.78. The number of aliphatic hydroxyl groups excluding tert-OH is 2. The quantitative estimate of drug-likeness (QED) is 0.550. The van der Waals surface area contributed by atoms with Crippen LogP contribution < -0.4 is 4.74 Å². The van der Waals surface area contributed by atoms with Gasteiger partial charge in [0.05, 0.1) is 29.0 Å². The van der Waals surface area contributed by atoms with Crippen molar-refractivity contribution in [2.24, 2.45) is 0 Å². The van der Waals surface area contributed by atoms with E-state index in [-0.39, 0.29) is 16.8 Å². The average molecular weight is 443 g/mol. The van der Waals surface area contributed by atoms with Gasteiger partial charge in [0.15, 0.2) is 9.84 Å². The van der Waals surface area contributed by atoms with Crippen LogP contribution in [-0.2, 0) is 15.6 Å². The van der Waals surface area contributed by atoms with Crippen LogP contribution in [0, 0.1) is 5.82 Å². The highest BCUT2D eigenvalue weighted by atomic mass is 32.2. The number of aliphatic hydroxyl groups is 2. The molecule has 0 bridgehead atoms. The minimum absolute atomic E-state index is 0.206. The van der Waals surface area contributed by atoms with E-state index >= 15 is 0 Å². The van der Waals surface area contributed by atoms with Crippen LogP contribution in [0.3, 0.4) is 0 Å². The normalized spacial score (nSPS) is 14.9. The van der Waals surface area contributed by atoms with E-state index in [0.29, 0.717) is 46.9 Å². The maximum atomic E-state index is 13.0. The number of halogens is 1. The van der Waals surface area contributed by atoms with Crippen LogP contribution in [0.5, 0.6) is 11.5 Å². The minimum Gasteiger partial charge on any atom is -0.457 e. The van der Waals surface area contributed by atoms with Gasteiger partial charge in [0.25, 0.3) is 0 Å². The van der Waals surface area contributed by atoms with E-state index in [2.05, 4.69) is 4.98 Å². The number of ether oxygens (including phenoxy) is 1. The molecule has 2 aromatic carbocycles. The van der Waals surface area contributed by atoms with Crippen LogP contribution in [0.2, 0.25) is 0 Å². The highest BCUT2D eigenvalue weighted by Crippen LogP contribution is 2.32. The van der Waals surface area contributed by atoms with Gasteiger partial charge in [-0.1, -0.05) is 0 Å². The summed E-state index contributed by atoms with van der Waals surface area (Å²) < 4.78 is 43.5. The number of nitrogens with zero attached hydrogens (tertiary/aromatic N) is 1. The Morgan fingerprint density at radius 3 is 2.23 bits per heavy atom. The van der Waals surface area contributed by atoms with Crippen molar-refractivity contribution < 1.29 is 27.8 Å². The molecule has 1 aliphatic carbocycles. The predicted molar refractivity (Wildman–Crippen MR) is 114 cm³/mol. The number of hydrogen-bond donors (Lipinski definition) is 2. The third kappa shape index (κ3) is 5.28. The first-order chi connectivity index (χ1) is 14.8. The van der Waals surface area contributed by atoms with E-state index < -0.39 is 22.5 Å². The van der Waals surface area contributed by atoms with E-state index in [1.807, 2.05) is 0 Å². The van der Waals surface area contributed by atoms with E-state index in [1.54, 1.807) is 30.3 Å². The Morgan fingerprint density at radius 2 is 1.65 bits per heavy atom. The molecular weight excluding hydrogens is 421 g/mol. The highest BCUT2D eigenvalue weighted by molar-refractivity contribution is 7.91. The SMILES string of the molecule is O=S(=O)(Cc1cc([C@H](O)CO)cc(-c2ccc(Oc3ccc(F)cc3)cc2)n1)C1CC1. The van der Waals surface area contributed by atoms with Crippen LogP contribution in [-0.4, -0.2) is 35.5 Å². The van der Waals surface area contributed by atoms with E-state index in [1.165, 1.54) is 30.3 Å². The second-order valence-electron chi connectivity index (χ2n) is 7.56. The topological polar surface area (TPSA) is 96.7 Å². The maximum Gasteiger partial charge on any atom is 0.158 e. The number of pyridine rings is 1. The lowest BCUT2D eigenvalue weighted by Gasteiger charge is -2.13. The van der Waals surface area contributed by atoms with Crippen molar-refractivity contribution >= 4 is 9.84 Å². The molecule has 1 atom stereocenters. The second kappa shape index (κ2) is 8.74. The van der Waals surface area contributed by atoms with E-state index in [4.69, 9.17) is 4.74 Å². The van der Waals surface area contributed by atoms with Crippen molar-refractivity contribution in [3.8, 4) is 22.8 Å². The van der Waals surface area contributed by atoms with Gasteiger partial charge in [-0.05, 0) is 79.1 Å². The maximum absolute atomic E-state index is 13.0. The molecule has 1 aromatic heterocycles. The summed E-state index contributed by atoms with van der Waals surface area (Å²) in [5.41, 5.74) is 1.92. The Kier molecular flexibility index (Phi) is 6.04. The Morgan fingerprint density at radius 1 is 1.03 bits per heavy atom. The molecule has 4 rings (SSSR count). The zero-order chi connectivity index (χ0) is 22.0. The summed E-state index contributed by atoms with van der Waals surface area (Å²) in [6, 6.07) is 15.8. The first-order valence-electron chi connectivity index (χ1n) is 9.89. The van der Waals surface area contributed by atoms with Crippen molar-refractivity contribution in [3.63, 3.8) is 0 Å². The molecule has 162 valence electrons. The summed E-state index contributed by atoms with van der Waals surface area (Å²) in [6.45, 7) is -0.483. The first-order valence-corrected chi connectivity index (χ1v) is 11.6. The molecule has 1 heterocycles. The van der Waals surface area contributed by atoms with Crippen molar-refractivity contribution in [1.29, 1.82) is 0 Å². The van der Waals surface area contributed by atoms with Gasteiger partial charge < -0.3 is 14.9 Å². The van der Waals surface area contributed by atoms with Gasteiger partial charge in [-0.15, -0.1) is 0 Å². The van der Waals surface area contributed by atoms with Gasteiger partial charge in [-0.3, -0.25) is 4.98 Å². The van der Waals surface area contributed by atoms with E-state index in [9.17, 15) is 23.0 Å². The molecule has 0 aliphatic heterocycles. The molecule has 1 fully saturated rings. The van der Waals surface area contributed by atoms with Gasteiger partial charge in [-0.25, -0.2) is 12.8 Å². The molecule has 0 spiro atoms. The molecule has 8 heteroatoms. The summed E-state index contributed by atoms with van der Waals surface area (Å²) in [5.74, 6) is 0.479. The molecule has 0 saturated heterocycles. The van der Waals surface area contributed by atoms with Crippen LogP contribution in [0.15, 0.2) is 60.7 Å². The fraction of sp³-hybridized carbons (Fsp3) is 0.261. The molecule has 0 radical (unpaired) electrons. The second-order valence-corrected chi connectivity index (χ2v) is 9.84. The monoisotopic (exact) mass is 443 g/mol. The van der Waals surface area contributed by atoms with Crippen LogP contribution in [0.1, 0.15) is 30.2 Å². The van der Waals surface area contributed by atoms with Gasteiger partial charge in [0, 0.05) is 5.56 Å². The summed E-state index contributed by atoms with van der Waals surface area (Å²) in [5, 5.41) is 19.1. The zero-order valence-corrected chi connectivity index (χ0v) is 17.4. The smallest absolute Gasteiger partial charge is 0.158 e. The molecule has 31 heavy (non-hydrogen) atoms. The largest absolute Gasteiger partial charge is 0.457 e. The average Bonchev–Trinajstić information content (AvgIpc) is 3.61. The Balaban J connectivity index is 1.61. The standard InChI is InChI=1S/C23H22FNO5S/c24-17-3-7-20(8-4-17)30-19-5-1-15(2-6-19)22-12-16(23(27)13-26)11-18(25-22)14-31(28,29)21-9-10-21/h1-8,11-12,21,23,26-27H,9-10,13-14H2/t23-/m1/s1. The third-order valence-electron chi connectivity index (χ3n) is 5.04.